The predicted octanol–water partition coefficient (Wildman–Crippen LogP) is 3.88. The Kier molecular flexibility index (Phi) is 6.87. The highest BCUT2D eigenvalue weighted by molar-refractivity contribution is 6.32. The maximum absolute atomic E-state index is 12.0. The topological polar surface area (TPSA) is 68.5 Å². The second-order valence-electron chi connectivity index (χ2n) is 4.86. The number of para-hydroxylation sites is 1. The summed E-state index contributed by atoms with van der Waals surface area (Å²) in [5.41, 5.74) is 0.601. The molecule has 0 amide bonds. The molecule has 2 aromatic carbocycles. The fraction of sp³-hybridized carbons (Fsp3) is 0.158. The Morgan fingerprint density at radius 1 is 1.16 bits per heavy atom. The van der Waals surface area contributed by atoms with Gasteiger partial charge in [-0.05, 0) is 35.9 Å². The van der Waals surface area contributed by atoms with Crippen LogP contribution >= 0.6 is 11.6 Å². The van der Waals surface area contributed by atoms with Crippen molar-refractivity contribution < 1.29 is 19.0 Å². The highest BCUT2D eigenvalue weighted by Gasteiger charge is 2.11. The average molecular weight is 358 g/mol. The van der Waals surface area contributed by atoms with E-state index in [9.17, 15) is 4.79 Å². The van der Waals surface area contributed by atoms with Crippen molar-refractivity contribution in [3.63, 3.8) is 0 Å². The molecule has 25 heavy (non-hydrogen) atoms. The number of esters is 1. The molecule has 0 radical (unpaired) electrons. The van der Waals surface area contributed by atoms with Crippen molar-refractivity contribution in [1.82, 2.24) is 0 Å². The molecule has 0 aliphatic carbocycles. The van der Waals surface area contributed by atoms with Crippen LogP contribution in [0.15, 0.2) is 54.1 Å². The molecular weight excluding hydrogens is 342 g/mol. The number of benzene rings is 2. The van der Waals surface area contributed by atoms with E-state index in [0.29, 0.717) is 22.1 Å². The van der Waals surface area contributed by atoms with Crippen LogP contribution in [0.5, 0.6) is 11.5 Å². The Morgan fingerprint density at radius 2 is 1.88 bits per heavy atom. The molecular formula is C19H16ClNO4. The van der Waals surface area contributed by atoms with Crippen LogP contribution in [0.4, 0.5) is 0 Å². The van der Waals surface area contributed by atoms with Crippen molar-refractivity contribution in [2.45, 2.75) is 0 Å². The molecule has 0 aliphatic heterocycles. The van der Waals surface area contributed by atoms with Gasteiger partial charge in [-0.1, -0.05) is 35.9 Å². The van der Waals surface area contributed by atoms with Crippen LogP contribution in [0, 0.1) is 11.3 Å². The number of rotatable bonds is 7. The minimum absolute atomic E-state index is 0.00564. The van der Waals surface area contributed by atoms with Gasteiger partial charge >= 0.3 is 5.97 Å². The van der Waals surface area contributed by atoms with Gasteiger partial charge in [-0.15, -0.1) is 0 Å². The van der Waals surface area contributed by atoms with Gasteiger partial charge in [0, 0.05) is 0 Å². The summed E-state index contributed by atoms with van der Waals surface area (Å²) in [7, 11) is 1.56. The van der Waals surface area contributed by atoms with Crippen LogP contribution in [0.1, 0.15) is 5.56 Å². The van der Waals surface area contributed by atoms with Crippen LogP contribution in [0.25, 0.3) is 6.08 Å². The highest BCUT2D eigenvalue weighted by atomic mass is 35.5. The minimum atomic E-state index is -0.707. The van der Waals surface area contributed by atoms with Crippen molar-refractivity contribution in [2.24, 2.45) is 0 Å². The maximum atomic E-state index is 12.0. The second-order valence-corrected chi connectivity index (χ2v) is 5.26. The van der Waals surface area contributed by atoms with Crippen LogP contribution in [0.2, 0.25) is 5.02 Å². The molecule has 0 aliphatic rings. The third-order valence-electron chi connectivity index (χ3n) is 3.18. The molecule has 0 fully saturated rings. The normalized spacial score (nSPS) is 10.7. The molecule has 5 nitrogen and oxygen atoms in total. The third-order valence-corrected chi connectivity index (χ3v) is 3.49. The van der Waals surface area contributed by atoms with E-state index < -0.39 is 5.97 Å². The Morgan fingerprint density at radius 3 is 2.52 bits per heavy atom. The van der Waals surface area contributed by atoms with Crippen LogP contribution < -0.4 is 9.47 Å². The molecule has 0 aromatic heterocycles. The number of methoxy groups -OCH3 is 1. The number of nitriles is 1. The quantitative estimate of drug-likeness (QED) is 0.325. The fourth-order valence-corrected chi connectivity index (χ4v) is 2.12. The summed E-state index contributed by atoms with van der Waals surface area (Å²) in [6.45, 7) is 0.141. The molecule has 6 heteroatoms. The number of hydrogen-bond acceptors (Lipinski definition) is 5. The van der Waals surface area contributed by atoms with Crippen molar-refractivity contribution >= 4 is 23.6 Å². The lowest BCUT2D eigenvalue weighted by atomic mass is 10.1. The lowest BCUT2D eigenvalue weighted by molar-refractivity contribution is -0.139. The Hall–Kier alpha value is -2.97. The molecule has 2 aromatic rings. The van der Waals surface area contributed by atoms with E-state index in [0.717, 1.165) is 0 Å². The number of halogens is 1. The van der Waals surface area contributed by atoms with E-state index in [4.69, 9.17) is 31.1 Å². The molecule has 0 saturated carbocycles. The number of nitrogens with zero attached hydrogens (tertiary/aromatic N) is 1. The summed E-state index contributed by atoms with van der Waals surface area (Å²) in [6, 6.07) is 15.8. The van der Waals surface area contributed by atoms with Crippen molar-refractivity contribution in [3.8, 4) is 17.6 Å². The van der Waals surface area contributed by atoms with Gasteiger partial charge in [-0.3, -0.25) is 0 Å². The van der Waals surface area contributed by atoms with Crippen molar-refractivity contribution in [3.05, 3.63) is 64.7 Å². The smallest absolute Gasteiger partial charge is 0.349 e. The van der Waals surface area contributed by atoms with E-state index in [1.807, 2.05) is 6.07 Å². The molecule has 0 unspecified atom stereocenters. The number of carbonyl (C=O) groups excluding carboxylic acids is 1. The lowest BCUT2D eigenvalue weighted by Gasteiger charge is -2.08. The molecule has 0 spiro atoms. The zero-order valence-electron chi connectivity index (χ0n) is 13.6. The minimum Gasteiger partial charge on any atom is -0.497 e. The number of ether oxygens (including phenoxy) is 3. The van der Waals surface area contributed by atoms with Gasteiger partial charge in [0.15, 0.2) is 0 Å². The summed E-state index contributed by atoms with van der Waals surface area (Å²) >= 11 is 5.96. The summed E-state index contributed by atoms with van der Waals surface area (Å²) in [6.07, 6.45) is 1.46. The maximum Gasteiger partial charge on any atom is 0.349 e. The van der Waals surface area contributed by atoms with Crippen molar-refractivity contribution in [1.29, 1.82) is 5.26 Å². The van der Waals surface area contributed by atoms with E-state index in [2.05, 4.69) is 0 Å². The first-order valence-corrected chi connectivity index (χ1v) is 7.82. The average Bonchev–Trinajstić information content (AvgIpc) is 2.65. The van der Waals surface area contributed by atoms with Gasteiger partial charge in [0.05, 0.1) is 12.1 Å². The Balaban J connectivity index is 1.88. The molecule has 0 N–H and O–H groups in total. The van der Waals surface area contributed by atoms with Gasteiger partial charge < -0.3 is 14.2 Å². The Labute approximate surface area is 151 Å². The zero-order valence-corrected chi connectivity index (χ0v) is 14.3. The van der Waals surface area contributed by atoms with Crippen LogP contribution in [0.3, 0.4) is 0 Å². The molecule has 0 bridgehead atoms. The highest BCUT2D eigenvalue weighted by Crippen LogP contribution is 2.22. The first-order chi connectivity index (χ1) is 12.1. The van der Waals surface area contributed by atoms with Gasteiger partial charge in [0.25, 0.3) is 0 Å². The first-order valence-electron chi connectivity index (χ1n) is 7.44. The Bertz CT molecular complexity index is 794. The van der Waals surface area contributed by atoms with Gasteiger partial charge in [0.1, 0.15) is 36.4 Å². The standard InChI is InChI=1S/C19H16ClNO4/c1-23-16-8-6-14(7-9-16)12-15(13-21)19(22)25-11-10-24-18-5-3-2-4-17(18)20/h2-9,12H,10-11H2,1H3/b15-12+. The number of carbonyl (C=O) groups is 1. The molecule has 2 rings (SSSR count). The molecule has 0 heterocycles. The summed E-state index contributed by atoms with van der Waals surface area (Å²) in [5, 5.41) is 9.61. The number of hydrogen-bond donors (Lipinski definition) is 0. The van der Waals surface area contributed by atoms with Gasteiger partial charge in [-0.2, -0.15) is 5.26 Å². The van der Waals surface area contributed by atoms with Crippen LogP contribution in [-0.4, -0.2) is 26.3 Å². The lowest BCUT2D eigenvalue weighted by Crippen LogP contribution is -2.13. The van der Waals surface area contributed by atoms with Gasteiger partial charge in [-0.25, -0.2) is 4.79 Å². The van der Waals surface area contributed by atoms with E-state index in [-0.39, 0.29) is 18.8 Å². The van der Waals surface area contributed by atoms with Crippen molar-refractivity contribution in [2.75, 3.05) is 20.3 Å². The summed E-state index contributed by atoms with van der Waals surface area (Å²) < 4.78 is 15.5. The predicted molar refractivity (Wildman–Crippen MR) is 94.5 cm³/mol. The monoisotopic (exact) mass is 357 g/mol. The van der Waals surface area contributed by atoms with Gasteiger partial charge in [0.2, 0.25) is 0 Å². The first kappa shape index (κ1) is 18.4. The molecule has 0 saturated heterocycles. The van der Waals surface area contributed by atoms with E-state index in [1.165, 1.54) is 6.08 Å². The summed E-state index contributed by atoms with van der Waals surface area (Å²) in [4.78, 5) is 12.0. The summed E-state index contributed by atoms with van der Waals surface area (Å²) in [5.74, 6) is 0.491. The fourth-order valence-electron chi connectivity index (χ4n) is 1.93. The largest absolute Gasteiger partial charge is 0.497 e. The van der Waals surface area contributed by atoms with Crippen LogP contribution in [-0.2, 0) is 9.53 Å². The zero-order chi connectivity index (χ0) is 18.1. The van der Waals surface area contributed by atoms with E-state index >= 15 is 0 Å². The molecule has 128 valence electrons. The SMILES string of the molecule is COc1ccc(/C=C(\C#N)C(=O)OCCOc2ccccc2Cl)cc1. The van der Waals surface area contributed by atoms with E-state index in [1.54, 1.807) is 55.6 Å². The second kappa shape index (κ2) is 9.36. The molecule has 0 atom stereocenters. The third kappa shape index (κ3) is 5.55.